The molecular formula is C19H18ClN3O4S. The second kappa shape index (κ2) is 8.37. The van der Waals surface area contributed by atoms with Crippen LogP contribution in [-0.4, -0.2) is 32.1 Å². The number of ether oxygens (including phenoxy) is 3. The third-order valence-electron chi connectivity index (χ3n) is 3.86. The zero-order valence-corrected chi connectivity index (χ0v) is 17.0. The Morgan fingerprint density at radius 1 is 1.11 bits per heavy atom. The first-order valence-electron chi connectivity index (χ1n) is 8.10. The molecule has 0 radical (unpaired) electrons. The van der Waals surface area contributed by atoms with Gasteiger partial charge in [0.2, 0.25) is 11.5 Å². The standard InChI is InChI=1S/C19H18ClN3O4S/c1-25-13-7-10(8-14(26-2)16(13)27-3)15(24)17-18(21)23-19(28-17)22-12-6-4-5-11(20)9-12/h4-9H,21H2,1-3H3,(H,22,23). The molecule has 0 atom stereocenters. The highest BCUT2D eigenvalue weighted by Crippen LogP contribution is 2.39. The van der Waals surface area contributed by atoms with Gasteiger partial charge in [0.15, 0.2) is 16.6 Å². The predicted octanol–water partition coefficient (Wildman–Crippen LogP) is 4.38. The number of methoxy groups -OCH3 is 3. The number of carbonyl (C=O) groups excluding carboxylic acids is 1. The van der Waals surface area contributed by atoms with Crippen molar-refractivity contribution >= 4 is 45.4 Å². The Hall–Kier alpha value is -2.97. The van der Waals surface area contributed by atoms with Crippen LogP contribution in [0.5, 0.6) is 17.2 Å². The number of halogens is 1. The molecule has 7 nitrogen and oxygen atoms in total. The molecule has 0 spiro atoms. The maximum absolute atomic E-state index is 13.0. The van der Waals surface area contributed by atoms with Crippen molar-refractivity contribution in [2.24, 2.45) is 0 Å². The third-order valence-corrected chi connectivity index (χ3v) is 5.08. The second-order valence-corrected chi connectivity index (χ2v) is 7.05. The minimum Gasteiger partial charge on any atom is -0.493 e. The zero-order valence-electron chi connectivity index (χ0n) is 15.4. The Bertz CT molecular complexity index is 997. The first-order valence-corrected chi connectivity index (χ1v) is 9.29. The number of nitrogens with two attached hydrogens (primary N) is 1. The molecule has 2 aromatic carbocycles. The highest BCUT2D eigenvalue weighted by Gasteiger charge is 2.22. The molecule has 28 heavy (non-hydrogen) atoms. The summed E-state index contributed by atoms with van der Waals surface area (Å²) in [4.78, 5) is 17.6. The van der Waals surface area contributed by atoms with Crippen LogP contribution >= 0.6 is 22.9 Å². The molecule has 0 aliphatic heterocycles. The molecule has 1 heterocycles. The predicted molar refractivity (Wildman–Crippen MR) is 111 cm³/mol. The summed E-state index contributed by atoms with van der Waals surface area (Å²) < 4.78 is 15.9. The molecule has 3 aromatic rings. The van der Waals surface area contributed by atoms with Crippen molar-refractivity contribution in [3.63, 3.8) is 0 Å². The number of thiazole rings is 1. The number of aromatic nitrogens is 1. The monoisotopic (exact) mass is 419 g/mol. The van der Waals surface area contributed by atoms with E-state index in [1.165, 1.54) is 21.3 Å². The SMILES string of the molecule is COc1cc(C(=O)c2sc(Nc3cccc(Cl)c3)nc2N)cc(OC)c1OC. The van der Waals surface area contributed by atoms with Crippen LogP contribution < -0.4 is 25.3 Å². The largest absolute Gasteiger partial charge is 0.493 e. The molecule has 0 aliphatic rings. The van der Waals surface area contributed by atoms with Crippen molar-refractivity contribution in [3.05, 3.63) is 51.9 Å². The Kier molecular flexibility index (Phi) is 5.91. The summed E-state index contributed by atoms with van der Waals surface area (Å²) in [5.74, 6) is 1.000. The van der Waals surface area contributed by atoms with E-state index in [9.17, 15) is 4.79 Å². The van der Waals surface area contributed by atoms with Gasteiger partial charge in [0.05, 0.1) is 21.3 Å². The van der Waals surface area contributed by atoms with E-state index in [0.29, 0.717) is 37.8 Å². The fourth-order valence-electron chi connectivity index (χ4n) is 2.58. The van der Waals surface area contributed by atoms with E-state index in [0.717, 1.165) is 17.0 Å². The van der Waals surface area contributed by atoms with Gasteiger partial charge in [-0.15, -0.1) is 0 Å². The molecule has 9 heteroatoms. The normalized spacial score (nSPS) is 10.4. The van der Waals surface area contributed by atoms with E-state index in [2.05, 4.69) is 10.3 Å². The summed E-state index contributed by atoms with van der Waals surface area (Å²) in [6, 6.07) is 10.3. The number of carbonyl (C=O) groups is 1. The number of nitrogens with one attached hydrogen (secondary N) is 1. The second-order valence-electron chi connectivity index (χ2n) is 5.61. The van der Waals surface area contributed by atoms with Gasteiger partial charge < -0.3 is 25.3 Å². The molecule has 0 unspecified atom stereocenters. The number of anilines is 3. The summed E-state index contributed by atoms with van der Waals surface area (Å²) in [6.45, 7) is 0. The van der Waals surface area contributed by atoms with Crippen LogP contribution in [0.3, 0.4) is 0 Å². The van der Waals surface area contributed by atoms with Crippen molar-refractivity contribution in [1.29, 1.82) is 0 Å². The highest BCUT2D eigenvalue weighted by molar-refractivity contribution is 7.18. The molecule has 0 fully saturated rings. The maximum atomic E-state index is 13.0. The number of benzene rings is 2. The number of hydrogen-bond acceptors (Lipinski definition) is 8. The van der Waals surface area contributed by atoms with Gasteiger partial charge in [0, 0.05) is 16.3 Å². The molecule has 0 saturated heterocycles. The van der Waals surface area contributed by atoms with E-state index in [1.54, 1.807) is 24.3 Å². The lowest BCUT2D eigenvalue weighted by molar-refractivity contribution is 0.104. The molecular weight excluding hydrogens is 402 g/mol. The lowest BCUT2D eigenvalue weighted by Crippen LogP contribution is -2.05. The first-order chi connectivity index (χ1) is 13.5. The topological polar surface area (TPSA) is 95.7 Å². The van der Waals surface area contributed by atoms with Gasteiger partial charge in [0.25, 0.3) is 0 Å². The smallest absolute Gasteiger partial charge is 0.207 e. The van der Waals surface area contributed by atoms with E-state index >= 15 is 0 Å². The van der Waals surface area contributed by atoms with Crippen molar-refractivity contribution < 1.29 is 19.0 Å². The Morgan fingerprint density at radius 3 is 2.36 bits per heavy atom. The number of hydrogen-bond donors (Lipinski definition) is 2. The van der Waals surface area contributed by atoms with Gasteiger partial charge in [-0.3, -0.25) is 4.79 Å². The van der Waals surface area contributed by atoms with Crippen molar-refractivity contribution in [1.82, 2.24) is 4.98 Å². The summed E-state index contributed by atoms with van der Waals surface area (Å²) in [5.41, 5.74) is 7.08. The van der Waals surface area contributed by atoms with Crippen LogP contribution in [0, 0.1) is 0 Å². The molecule has 0 aliphatic carbocycles. The average Bonchev–Trinajstić information content (AvgIpc) is 3.06. The van der Waals surface area contributed by atoms with Crippen LogP contribution in [0.2, 0.25) is 5.02 Å². The van der Waals surface area contributed by atoms with Gasteiger partial charge >= 0.3 is 0 Å². The molecule has 3 N–H and O–H groups in total. The van der Waals surface area contributed by atoms with Crippen LogP contribution in [-0.2, 0) is 0 Å². The van der Waals surface area contributed by atoms with Gasteiger partial charge in [0.1, 0.15) is 10.7 Å². The van der Waals surface area contributed by atoms with Crippen LogP contribution in [0.15, 0.2) is 36.4 Å². The lowest BCUT2D eigenvalue weighted by atomic mass is 10.1. The third kappa shape index (κ3) is 3.97. The van der Waals surface area contributed by atoms with E-state index in [4.69, 9.17) is 31.5 Å². The summed E-state index contributed by atoms with van der Waals surface area (Å²) >= 11 is 7.14. The van der Waals surface area contributed by atoms with Gasteiger partial charge in [-0.1, -0.05) is 29.0 Å². The fraction of sp³-hybridized carbons (Fsp3) is 0.158. The molecule has 3 rings (SSSR count). The molecule has 1 aromatic heterocycles. The van der Waals surface area contributed by atoms with Crippen molar-refractivity contribution in [2.75, 3.05) is 32.4 Å². The van der Waals surface area contributed by atoms with Crippen LogP contribution in [0.1, 0.15) is 15.2 Å². The van der Waals surface area contributed by atoms with E-state index < -0.39 is 0 Å². The van der Waals surface area contributed by atoms with Crippen molar-refractivity contribution in [2.45, 2.75) is 0 Å². The van der Waals surface area contributed by atoms with Gasteiger partial charge in [-0.05, 0) is 30.3 Å². The van der Waals surface area contributed by atoms with E-state index in [-0.39, 0.29) is 11.6 Å². The molecule has 0 bridgehead atoms. The van der Waals surface area contributed by atoms with Crippen molar-refractivity contribution in [3.8, 4) is 17.2 Å². The number of rotatable bonds is 7. The summed E-state index contributed by atoms with van der Waals surface area (Å²) in [7, 11) is 4.47. The van der Waals surface area contributed by atoms with Gasteiger partial charge in [-0.25, -0.2) is 4.98 Å². The lowest BCUT2D eigenvalue weighted by Gasteiger charge is -2.13. The fourth-order valence-corrected chi connectivity index (χ4v) is 3.64. The van der Waals surface area contributed by atoms with Crippen LogP contribution in [0.25, 0.3) is 0 Å². The molecule has 0 saturated carbocycles. The number of nitrogens with zero attached hydrogens (tertiary/aromatic N) is 1. The molecule has 0 amide bonds. The van der Waals surface area contributed by atoms with E-state index in [1.807, 2.05) is 12.1 Å². The highest BCUT2D eigenvalue weighted by atomic mass is 35.5. The minimum atomic E-state index is -0.298. The summed E-state index contributed by atoms with van der Waals surface area (Å²) in [5, 5.41) is 4.17. The maximum Gasteiger partial charge on any atom is 0.207 e. The van der Waals surface area contributed by atoms with Gasteiger partial charge in [-0.2, -0.15) is 0 Å². The Morgan fingerprint density at radius 2 is 1.79 bits per heavy atom. The average molecular weight is 420 g/mol. The minimum absolute atomic E-state index is 0.133. The summed E-state index contributed by atoms with van der Waals surface area (Å²) in [6.07, 6.45) is 0. The number of nitrogen functional groups attached to an aromatic ring is 1. The number of ketones is 1. The Balaban J connectivity index is 1.94. The zero-order chi connectivity index (χ0) is 20.3. The molecule has 146 valence electrons. The quantitative estimate of drug-likeness (QED) is 0.548. The van der Waals surface area contributed by atoms with Crippen LogP contribution in [0.4, 0.5) is 16.6 Å². The Labute approximate surface area is 171 Å². The first kappa shape index (κ1) is 19.8.